The normalized spacial score (nSPS) is 12.0. The van der Waals surface area contributed by atoms with E-state index in [9.17, 15) is 5.11 Å². The first-order valence-corrected chi connectivity index (χ1v) is 8.95. The average Bonchev–Trinajstić information content (AvgIpc) is 2.94. The second-order valence-electron chi connectivity index (χ2n) is 5.58. The highest BCUT2D eigenvalue weighted by atomic mass is 127. The summed E-state index contributed by atoms with van der Waals surface area (Å²) in [5, 5.41) is 17.1. The fraction of sp³-hybridized carbons (Fsp3) is 0.750. The third kappa shape index (κ3) is 7.80. The number of halogens is 1. The number of aromatic nitrogens is 1. The van der Waals surface area contributed by atoms with Gasteiger partial charge >= 0.3 is 0 Å². The van der Waals surface area contributed by atoms with Crippen molar-refractivity contribution in [3.63, 3.8) is 0 Å². The minimum absolute atomic E-state index is 0. The quantitative estimate of drug-likeness (QED) is 0.304. The van der Waals surface area contributed by atoms with Crippen molar-refractivity contribution in [1.82, 2.24) is 15.6 Å². The summed E-state index contributed by atoms with van der Waals surface area (Å²) in [7, 11) is 0. The van der Waals surface area contributed by atoms with E-state index in [0.717, 1.165) is 43.3 Å². The van der Waals surface area contributed by atoms with Crippen molar-refractivity contribution in [2.75, 3.05) is 19.7 Å². The molecule has 1 aromatic rings. The molecule has 1 aromatic heterocycles. The Labute approximate surface area is 161 Å². The van der Waals surface area contributed by atoms with Crippen LogP contribution >= 0.6 is 35.3 Å². The van der Waals surface area contributed by atoms with Crippen LogP contribution in [-0.2, 0) is 6.54 Å². The van der Waals surface area contributed by atoms with Gasteiger partial charge in [0.15, 0.2) is 5.96 Å². The molecule has 0 fully saturated rings. The van der Waals surface area contributed by atoms with Crippen LogP contribution < -0.4 is 10.6 Å². The Morgan fingerprint density at radius 1 is 1.30 bits per heavy atom. The molecule has 0 aliphatic rings. The van der Waals surface area contributed by atoms with Gasteiger partial charge in [-0.25, -0.2) is 9.98 Å². The van der Waals surface area contributed by atoms with Gasteiger partial charge < -0.3 is 15.7 Å². The Kier molecular flexibility index (Phi) is 11.8. The van der Waals surface area contributed by atoms with Crippen LogP contribution in [0.2, 0.25) is 0 Å². The van der Waals surface area contributed by atoms with Gasteiger partial charge in [0.1, 0.15) is 0 Å². The van der Waals surface area contributed by atoms with E-state index in [1.54, 1.807) is 11.3 Å². The SMILES string of the molecule is CCNC(=NCc1cnc(C)s1)NCC(CC)(CC)CCO.I. The Bertz CT molecular complexity index is 461. The average molecular weight is 454 g/mol. The maximum Gasteiger partial charge on any atom is 0.191 e. The van der Waals surface area contributed by atoms with Gasteiger partial charge in [0.05, 0.1) is 11.6 Å². The Morgan fingerprint density at radius 3 is 2.48 bits per heavy atom. The fourth-order valence-electron chi connectivity index (χ4n) is 2.43. The molecule has 0 saturated heterocycles. The molecule has 7 heteroatoms. The molecule has 0 radical (unpaired) electrons. The number of aliphatic imine (C=N–C) groups is 1. The van der Waals surface area contributed by atoms with Gasteiger partial charge in [-0.2, -0.15) is 0 Å². The van der Waals surface area contributed by atoms with Gasteiger partial charge in [0, 0.05) is 30.8 Å². The summed E-state index contributed by atoms with van der Waals surface area (Å²) in [5.74, 6) is 0.831. The number of hydrogen-bond donors (Lipinski definition) is 3. The molecule has 0 unspecified atom stereocenters. The minimum atomic E-state index is 0. The van der Waals surface area contributed by atoms with E-state index in [1.807, 2.05) is 13.1 Å². The number of rotatable bonds is 9. The van der Waals surface area contributed by atoms with Gasteiger partial charge in [-0.3, -0.25) is 0 Å². The number of guanidine groups is 1. The van der Waals surface area contributed by atoms with Crippen molar-refractivity contribution >= 4 is 41.3 Å². The summed E-state index contributed by atoms with van der Waals surface area (Å²) in [6.45, 7) is 11.0. The number of thiazole rings is 1. The molecule has 0 spiro atoms. The zero-order chi connectivity index (χ0) is 16.4. The second kappa shape index (κ2) is 12.0. The zero-order valence-corrected chi connectivity index (χ0v) is 17.8. The highest BCUT2D eigenvalue weighted by Gasteiger charge is 2.25. The molecule has 134 valence electrons. The van der Waals surface area contributed by atoms with Crippen molar-refractivity contribution in [2.24, 2.45) is 10.4 Å². The molecule has 1 rings (SSSR count). The summed E-state index contributed by atoms with van der Waals surface area (Å²) in [4.78, 5) is 10.1. The first-order valence-electron chi connectivity index (χ1n) is 8.13. The molecule has 0 saturated carbocycles. The maximum atomic E-state index is 9.31. The highest BCUT2D eigenvalue weighted by molar-refractivity contribution is 14.0. The molecule has 5 nitrogen and oxygen atoms in total. The smallest absolute Gasteiger partial charge is 0.191 e. The van der Waals surface area contributed by atoms with Crippen molar-refractivity contribution in [3.05, 3.63) is 16.1 Å². The van der Waals surface area contributed by atoms with Crippen molar-refractivity contribution in [2.45, 2.75) is 53.5 Å². The Morgan fingerprint density at radius 2 is 2.00 bits per heavy atom. The van der Waals surface area contributed by atoms with Crippen LogP contribution in [0.5, 0.6) is 0 Å². The van der Waals surface area contributed by atoms with Crippen LogP contribution in [0.1, 0.15) is 49.9 Å². The first kappa shape index (κ1) is 22.6. The molecule has 0 aliphatic carbocycles. The summed E-state index contributed by atoms with van der Waals surface area (Å²) >= 11 is 1.68. The van der Waals surface area contributed by atoms with Crippen LogP contribution in [-0.4, -0.2) is 35.7 Å². The van der Waals surface area contributed by atoms with Gasteiger partial charge in [0.25, 0.3) is 0 Å². The number of nitrogens with zero attached hydrogens (tertiary/aromatic N) is 2. The Balaban J connectivity index is 0.00000484. The minimum Gasteiger partial charge on any atom is -0.396 e. The van der Waals surface area contributed by atoms with E-state index < -0.39 is 0 Å². The summed E-state index contributed by atoms with van der Waals surface area (Å²) in [5.41, 5.74) is 0.131. The molecule has 23 heavy (non-hydrogen) atoms. The van der Waals surface area contributed by atoms with E-state index in [4.69, 9.17) is 0 Å². The predicted molar refractivity (Wildman–Crippen MR) is 110 cm³/mol. The van der Waals surface area contributed by atoms with Gasteiger partial charge in [0.2, 0.25) is 0 Å². The Hall–Kier alpha value is -0.410. The monoisotopic (exact) mass is 454 g/mol. The molecule has 3 N–H and O–H groups in total. The number of aliphatic hydroxyl groups excluding tert-OH is 1. The van der Waals surface area contributed by atoms with Crippen molar-refractivity contribution in [3.8, 4) is 0 Å². The van der Waals surface area contributed by atoms with Crippen LogP contribution in [0.4, 0.5) is 0 Å². The molecular formula is C16H31IN4OS. The largest absolute Gasteiger partial charge is 0.396 e. The van der Waals surface area contributed by atoms with E-state index in [0.29, 0.717) is 6.54 Å². The van der Waals surface area contributed by atoms with E-state index in [1.165, 1.54) is 4.88 Å². The van der Waals surface area contributed by atoms with E-state index >= 15 is 0 Å². The van der Waals surface area contributed by atoms with Crippen LogP contribution in [0.3, 0.4) is 0 Å². The van der Waals surface area contributed by atoms with Crippen molar-refractivity contribution in [1.29, 1.82) is 0 Å². The molecular weight excluding hydrogens is 423 g/mol. The summed E-state index contributed by atoms with van der Waals surface area (Å²) in [6.07, 6.45) is 4.80. The lowest BCUT2D eigenvalue weighted by Crippen LogP contribution is -2.43. The topological polar surface area (TPSA) is 69.5 Å². The van der Waals surface area contributed by atoms with E-state index in [2.05, 4.69) is 41.4 Å². The molecule has 0 bridgehead atoms. The van der Waals surface area contributed by atoms with Crippen LogP contribution in [0.15, 0.2) is 11.2 Å². The van der Waals surface area contributed by atoms with Gasteiger partial charge in [-0.05, 0) is 38.5 Å². The third-order valence-electron chi connectivity index (χ3n) is 4.18. The number of hydrogen-bond acceptors (Lipinski definition) is 4. The second-order valence-corrected chi connectivity index (χ2v) is 6.89. The number of aliphatic hydroxyl groups is 1. The third-order valence-corrected chi connectivity index (χ3v) is 5.08. The lowest BCUT2D eigenvalue weighted by molar-refractivity contribution is 0.169. The van der Waals surface area contributed by atoms with Crippen molar-refractivity contribution < 1.29 is 5.11 Å². The number of aryl methyl sites for hydroxylation is 1. The molecule has 1 heterocycles. The lowest BCUT2D eigenvalue weighted by Gasteiger charge is -2.32. The molecule has 0 aliphatic heterocycles. The van der Waals surface area contributed by atoms with Crippen LogP contribution in [0.25, 0.3) is 0 Å². The molecule has 0 amide bonds. The molecule has 0 aromatic carbocycles. The fourth-order valence-corrected chi connectivity index (χ4v) is 3.15. The highest BCUT2D eigenvalue weighted by Crippen LogP contribution is 2.29. The first-order chi connectivity index (χ1) is 10.6. The standard InChI is InChI=1S/C16H30N4OS.HI/c1-5-16(6-2,8-9-21)12-20-15(17-7-3)19-11-14-10-18-13(4)22-14;/h10,21H,5-9,11-12H2,1-4H3,(H2,17,19,20);1H. The predicted octanol–water partition coefficient (Wildman–Crippen LogP) is 3.31. The maximum absolute atomic E-state index is 9.31. The number of nitrogens with one attached hydrogen (secondary N) is 2. The van der Waals surface area contributed by atoms with Gasteiger partial charge in [-0.15, -0.1) is 35.3 Å². The zero-order valence-electron chi connectivity index (χ0n) is 14.7. The van der Waals surface area contributed by atoms with E-state index in [-0.39, 0.29) is 36.0 Å². The van der Waals surface area contributed by atoms with Gasteiger partial charge in [-0.1, -0.05) is 13.8 Å². The summed E-state index contributed by atoms with van der Waals surface area (Å²) < 4.78 is 0. The lowest BCUT2D eigenvalue weighted by atomic mass is 9.79. The van der Waals surface area contributed by atoms with Crippen LogP contribution in [0, 0.1) is 12.3 Å². The summed E-state index contributed by atoms with van der Waals surface area (Å²) in [6, 6.07) is 0. The molecule has 0 atom stereocenters.